The Kier molecular flexibility index (Phi) is 41.2. The van der Waals surface area contributed by atoms with Gasteiger partial charge in [-0.1, -0.05) is 206 Å². The number of ether oxygens (including phenoxy) is 2. The molecule has 0 aliphatic heterocycles. The van der Waals surface area contributed by atoms with Crippen molar-refractivity contribution in [2.75, 3.05) is 47.5 Å². The number of unbranched alkanes of at least 4 members (excludes halogenated alkanes) is 32. The molecule has 0 N–H and O–H groups in total. The van der Waals surface area contributed by atoms with Crippen LogP contribution in [0.15, 0.2) is 12.7 Å². The predicted octanol–water partition coefficient (Wildman–Crippen LogP) is 13.9. The van der Waals surface area contributed by atoms with Crippen molar-refractivity contribution in [3.8, 4) is 0 Å². The summed E-state index contributed by atoms with van der Waals surface area (Å²) in [6.45, 7) is 5.80. The van der Waals surface area contributed by atoms with Gasteiger partial charge in [0.1, 0.15) is 19.8 Å². The summed E-state index contributed by atoms with van der Waals surface area (Å²) in [4.78, 5) is 37.7. The van der Waals surface area contributed by atoms with Crippen molar-refractivity contribution < 1.29 is 42.1 Å². The molecular formula is C49H96NO8P. The number of esters is 2. The highest BCUT2D eigenvalue weighted by atomic mass is 31.2. The Morgan fingerprint density at radius 2 is 0.898 bits per heavy atom. The van der Waals surface area contributed by atoms with Gasteiger partial charge in [0.15, 0.2) is 6.10 Å². The number of phosphoric acid groups is 1. The molecule has 9 nitrogen and oxygen atoms in total. The van der Waals surface area contributed by atoms with Crippen LogP contribution in [0.4, 0.5) is 0 Å². The van der Waals surface area contributed by atoms with Crippen LogP contribution in [0.2, 0.25) is 0 Å². The topological polar surface area (TPSA) is 111 Å². The molecule has 0 bridgehead atoms. The van der Waals surface area contributed by atoms with Gasteiger partial charge in [-0.15, -0.1) is 6.58 Å². The van der Waals surface area contributed by atoms with E-state index in [0.29, 0.717) is 17.4 Å². The number of hydrogen-bond acceptors (Lipinski definition) is 8. The fraction of sp³-hybridized carbons (Fsp3) is 0.918. The standard InChI is InChI=1S/C49H96NO8P/c1-6-8-10-12-14-16-18-20-22-23-24-25-26-28-30-32-34-36-38-40-42-49(52)58-47(46-57-59(53,54)56-44-43-50(3,4)5)45-55-48(51)41-39-37-35-33-31-29-27-21-19-17-15-13-11-9-7-2/h7,47H,2,6,8-46H2,1,3-5H3/t47-/m1/s1. The maximum absolute atomic E-state index is 12.7. The van der Waals surface area contributed by atoms with Gasteiger partial charge in [0.25, 0.3) is 7.82 Å². The van der Waals surface area contributed by atoms with Gasteiger partial charge in [0.2, 0.25) is 0 Å². The van der Waals surface area contributed by atoms with Gasteiger partial charge in [-0.3, -0.25) is 14.2 Å². The number of allylic oxidation sites excluding steroid dienone is 1. The Hall–Kier alpha value is -1.25. The summed E-state index contributed by atoms with van der Waals surface area (Å²) in [5.41, 5.74) is 0. The zero-order valence-electron chi connectivity index (χ0n) is 39.3. The summed E-state index contributed by atoms with van der Waals surface area (Å²) in [5.74, 6) is -0.822. The first-order valence-corrected chi connectivity index (χ1v) is 26.3. The van der Waals surface area contributed by atoms with E-state index in [1.165, 1.54) is 173 Å². The molecule has 0 spiro atoms. The number of quaternary nitrogens is 1. The first-order chi connectivity index (χ1) is 28.5. The van der Waals surface area contributed by atoms with Gasteiger partial charge in [0, 0.05) is 12.8 Å². The molecule has 59 heavy (non-hydrogen) atoms. The first kappa shape index (κ1) is 57.8. The molecule has 2 atom stereocenters. The second kappa shape index (κ2) is 42.1. The lowest BCUT2D eigenvalue weighted by Crippen LogP contribution is -2.37. The van der Waals surface area contributed by atoms with E-state index in [9.17, 15) is 19.0 Å². The molecule has 0 aromatic carbocycles. The number of carbonyl (C=O) groups is 2. The maximum Gasteiger partial charge on any atom is 0.306 e. The highest BCUT2D eigenvalue weighted by Crippen LogP contribution is 2.38. The zero-order chi connectivity index (χ0) is 43.6. The highest BCUT2D eigenvalue weighted by Gasteiger charge is 2.21. The molecule has 350 valence electrons. The molecule has 0 aliphatic rings. The third-order valence-electron chi connectivity index (χ3n) is 11.2. The minimum Gasteiger partial charge on any atom is -0.756 e. The zero-order valence-corrected chi connectivity index (χ0v) is 40.2. The Bertz CT molecular complexity index is 1000. The smallest absolute Gasteiger partial charge is 0.306 e. The number of phosphoric ester groups is 1. The average Bonchev–Trinajstić information content (AvgIpc) is 3.19. The molecule has 0 heterocycles. The second-order valence-corrected chi connectivity index (χ2v) is 19.7. The summed E-state index contributed by atoms with van der Waals surface area (Å²) in [6, 6.07) is 0. The molecule has 0 saturated heterocycles. The van der Waals surface area contributed by atoms with Crippen molar-refractivity contribution in [3.63, 3.8) is 0 Å². The fourth-order valence-corrected chi connectivity index (χ4v) is 8.01. The minimum atomic E-state index is -4.62. The predicted molar refractivity (Wildman–Crippen MR) is 245 cm³/mol. The summed E-state index contributed by atoms with van der Waals surface area (Å²) in [5, 5.41) is 0. The molecule has 0 aromatic rings. The van der Waals surface area contributed by atoms with Crippen LogP contribution in [-0.2, 0) is 32.7 Å². The molecule has 0 radical (unpaired) electrons. The van der Waals surface area contributed by atoms with Crippen LogP contribution in [0, 0.1) is 0 Å². The second-order valence-electron chi connectivity index (χ2n) is 18.3. The van der Waals surface area contributed by atoms with Crippen LogP contribution in [0.1, 0.15) is 238 Å². The molecule has 0 aromatic heterocycles. The Morgan fingerprint density at radius 1 is 0.542 bits per heavy atom. The van der Waals surface area contributed by atoms with Gasteiger partial charge in [-0.25, -0.2) is 0 Å². The van der Waals surface area contributed by atoms with Crippen LogP contribution in [0.5, 0.6) is 0 Å². The van der Waals surface area contributed by atoms with Crippen molar-refractivity contribution in [1.29, 1.82) is 0 Å². The third kappa shape index (κ3) is 46.1. The van der Waals surface area contributed by atoms with E-state index < -0.39 is 26.5 Å². The van der Waals surface area contributed by atoms with E-state index in [1.54, 1.807) is 0 Å². The van der Waals surface area contributed by atoms with Crippen molar-refractivity contribution in [2.45, 2.75) is 244 Å². The normalized spacial score (nSPS) is 13.3. The van der Waals surface area contributed by atoms with Crippen LogP contribution in [0.25, 0.3) is 0 Å². The molecule has 0 rings (SSSR count). The highest BCUT2D eigenvalue weighted by molar-refractivity contribution is 7.45. The number of rotatable bonds is 47. The maximum atomic E-state index is 12.7. The molecule has 10 heteroatoms. The number of hydrogen-bond donors (Lipinski definition) is 0. The van der Waals surface area contributed by atoms with E-state index in [0.717, 1.165) is 38.5 Å². The summed E-state index contributed by atoms with van der Waals surface area (Å²) < 4.78 is 34.0. The molecule has 0 fully saturated rings. The van der Waals surface area contributed by atoms with Gasteiger partial charge < -0.3 is 27.9 Å². The van der Waals surface area contributed by atoms with E-state index >= 15 is 0 Å². The van der Waals surface area contributed by atoms with Gasteiger partial charge in [-0.2, -0.15) is 0 Å². The molecule has 0 saturated carbocycles. The number of likely N-dealkylation sites (N-methyl/N-ethyl adjacent to an activating group) is 1. The van der Waals surface area contributed by atoms with E-state index in [1.807, 2.05) is 27.2 Å². The number of carbonyl (C=O) groups excluding carboxylic acids is 2. The van der Waals surface area contributed by atoms with Crippen LogP contribution in [-0.4, -0.2) is 70.0 Å². The average molecular weight is 858 g/mol. The van der Waals surface area contributed by atoms with Gasteiger partial charge in [-0.05, 0) is 25.7 Å². The number of nitrogens with zero attached hydrogens (tertiary/aromatic N) is 1. The molecule has 1 unspecified atom stereocenters. The van der Waals surface area contributed by atoms with Gasteiger partial charge in [0.05, 0.1) is 27.7 Å². The van der Waals surface area contributed by atoms with Crippen LogP contribution in [0.3, 0.4) is 0 Å². The molecule has 0 aliphatic carbocycles. The van der Waals surface area contributed by atoms with Crippen LogP contribution < -0.4 is 4.89 Å². The van der Waals surface area contributed by atoms with E-state index in [4.69, 9.17) is 18.5 Å². The first-order valence-electron chi connectivity index (χ1n) is 24.9. The molecule has 0 amide bonds. The van der Waals surface area contributed by atoms with Crippen molar-refractivity contribution >= 4 is 19.8 Å². The van der Waals surface area contributed by atoms with Crippen molar-refractivity contribution in [2.24, 2.45) is 0 Å². The Morgan fingerprint density at radius 3 is 1.27 bits per heavy atom. The third-order valence-corrected chi connectivity index (χ3v) is 12.1. The van der Waals surface area contributed by atoms with Crippen molar-refractivity contribution in [3.05, 3.63) is 12.7 Å². The van der Waals surface area contributed by atoms with Crippen LogP contribution >= 0.6 is 7.82 Å². The fourth-order valence-electron chi connectivity index (χ4n) is 7.28. The largest absolute Gasteiger partial charge is 0.756 e. The minimum absolute atomic E-state index is 0.0277. The SMILES string of the molecule is C=CCCCCCCCCCCCCCCCC(=O)OC[C@H](COP(=O)([O-])OCC[N+](C)(C)C)OC(=O)CCCCCCCCCCCCCCCCCCCCCC. The summed E-state index contributed by atoms with van der Waals surface area (Å²) in [6.07, 6.45) is 44.2. The van der Waals surface area contributed by atoms with E-state index in [2.05, 4.69) is 13.5 Å². The van der Waals surface area contributed by atoms with Gasteiger partial charge >= 0.3 is 11.9 Å². The quantitative estimate of drug-likeness (QED) is 0.0196. The summed E-state index contributed by atoms with van der Waals surface area (Å²) >= 11 is 0. The lowest BCUT2D eigenvalue weighted by molar-refractivity contribution is -0.870. The lowest BCUT2D eigenvalue weighted by atomic mass is 10.0. The summed E-state index contributed by atoms with van der Waals surface area (Å²) in [7, 11) is 1.18. The Labute approximate surface area is 365 Å². The molecular weight excluding hydrogens is 762 g/mol. The lowest BCUT2D eigenvalue weighted by Gasteiger charge is -2.28. The Balaban J connectivity index is 4.21. The van der Waals surface area contributed by atoms with Crippen molar-refractivity contribution in [1.82, 2.24) is 0 Å². The monoisotopic (exact) mass is 858 g/mol. The van der Waals surface area contributed by atoms with E-state index in [-0.39, 0.29) is 32.0 Å².